The Hall–Kier alpha value is -2.48. The van der Waals surface area contributed by atoms with Crippen molar-refractivity contribution in [2.75, 3.05) is 11.9 Å². The molecule has 0 bridgehead atoms. The average Bonchev–Trinajstić information content (AvgIpc) is 2.47. The molecule has 0 fully saturated rings. The first-order valence-electron chi connectivity index (χ1n) is 6.26. The van der Waals surface area contributed by atoms with Crippen molar-refractivity contribution in [3.05, 3.63) is 66.7 Å². The van der Waals surface area contributed by atoms with Crippen LogP contribution < -0.4 is 4.90 Å². The Balaban J connectivity index is 2.07. The fraction of sp³-hybridized carbons (Fsp3) is 0.0588. The highest BCUT2D eigenvalue weighted by Gasteiger charge is 2.05. The predicted molar refractivity (Wildman–Crippen MR) is 80.1 cm³/mol. The van der Waals surface area contributed by atoms with Crippen LogP contribution in [0.1, 0.15) is 0 Å². The molecule has 0 unspecified atom stereocenters. The van der Waals surface area contributed by atoms with Crippen molar-refractivity contribution in [2.45, 2.75) is 0 Å². The van der Waals surface area contributed by atoms with Gasteiger partial charge in [0.1, 0.15) is 5.75 Å². The van der Waals surface area contributed by atoms with Gasteiger partial charge in [-0.25, -0.2) is 0 Å². The lowest BCUT2D eigenvalue weighted by atomic mass is 10.1. The Labute approximate surface area is 112 Å². The van der Waals surface area contributed by atoms with E-state index in [0.29, 0.717) is 5.75 Å². The van der Waals surface area contributed by atoms with Gasteiger partial charge in [-0.3, -0.25) is 0 Å². The average molecular weight is 249 g/mol. The lowest BCUT2D eigenvalue weighted by molar-refractivity contribution is 0.481. The van der Waals surface area contributed by atoms with Crippen molar-refractivity contribution in [3.8, 4) is 5.75 Å². The monoisotopic (exact) mass is 249 g/mol. The molecule has 0 aliphatic heterocycles. The maximum atomic E-state index is 9.80. The summed E-state index contributed by atoms with van der Waals surface area (Å²) in [5.41, 5.74) is 2.24. The van der Waals surface area contributed by atoms with Crippen LogP contribution in [0.4, 0.5) is 11.4 Å². The summed E-state index contributed by atoms with van der Waals surface area (Å²) in [5.74, 6) is 0.325. The summed E-state index contributed by atoms with van der Waals surface area (Å²) in [7, 11) is 2.04. The van der Waals surface area contributed by atoms with Crippen LogP contribution in [0.3, 0.4) is 0 Å². The van der Waals surface area contributed by atoms with E-state index < -0.39 is 0 Å². The Bertz CT molecular complexity index is 707. The first-order chi connectivity index (χ1) is 9.25. The number of benzene rings is 3. The van der Waals surface area contributed by atoms with Crippen molar-refractivity contribution in [3.63, 3.8) is 0 Å². The number of para-hydroxylation sites is 1. The Morgan fingerprint density at radius 2 is 1.58 bits per heavy atom. The van der Waals surface area contributed by atoms with Gasteiger partial charge in [0.15, 0.2) is 0 Å². The SMILES string of the molecule is CN(c1ccccc1)c1ccc2c(O)cccc2c1. The standard InChI is InChI=1S/C17H15NO/c1-18(14-7-3-2-4-8-14)15-10-11-16-13(12-15)6-5-9-17(16)19/h2-12,19H,1H3. The zero-order valence-corrected chi connectivity index (χ0v) is 10.7. The molecule has 2 nitrogen and oxygen atoms in total. The molecule has 3 aromatic rings. The highest BCUT2D eigenvalue weighted by molar-refractivity contribution is 5.91. The van der Waals surface area contributed by atoms with Crippen LogP contribution in [-0.4, -0.2) is 12.2 Å². The van der Waals surface area contributed by atoms with E-state index in [1.807, 2.05) is 49.5 Å². The molecule has 0 saturated carbocycles. The van der Waals surface area contributed by atoms with Crippen LogP contribution in [-0.2, 0) is 0 Å². The Kier molecular flexibility index (Phi) is 2.84. The maximum absolute atomic E-state index is 9.80. The van der Waals surface area contributed by atoms with Gasteiger partial charge in [-0.15, -0.1) is 0 Å². The summed E-state index contributed by atoms with van der Waals surface area (Å²) in [4.78, 5) is 2.13. The molecule has 0 spiro atoms. The van der Waals surface area contributed by atoms with Gasteiger partial charge in [-0.2, -0.15) is 0 Å². The largest absolute Gasteiger partial charge is 0.507 e. The van der Waals surface area contributed by atoms with Gasteiger partial charge < -0.3 is 10.0 Å². The summed E-state index contributed by atoms with van der Waals surface area (Å²) in [6.45, 7) is 0. The van der Waals surface area contributed by atoms with Crippen molar-refractivity contribution in [2.24, 2.45) is 0 Å². The fourth-order valence-corrected chi connectivity index (χ4v) is 2.26. The lowest BCUT2D eigenvalue weighted by Gasteiger charge is -2.20. The number of phenolic OH excluding ortho intramolecular Hbond substituents is 1. The van der Waals surface area contributed by atoms with Gasteiger partial charge >= 0.3 is 0 Å². The van der Waals surface area contributed by atoms with E-state index in [4.69, 9.17) is 0 Å². The molecule has 0 aliphatic rings. The number of hydrogen-bond donors (Lipinski definition) is 1. The highest BCUT2D eigenvalue weighted by atomic mass is 16.3. The van der Waals surface area contributed by atoms with Gasteiger partial charge in [0.05, 0.1) is 0 Å². The number of anilines is 2. The van der Waals surface area contributed by atoms with E-state index in [1.54, 1.807) is 6.07 Å². The second-order valence-electron chi connectivity index (χ2n) is 4.58. The molecule has 0 aromatic heterocycles. The molecule has 0 aliphatic carbocycles. The van der Waals surface area contributed by atoms with E-state index in [-0.39, 0.29) is 0 Å². The zero-order valence-electron chi connectivity index (χ0n) is 10.7. The topological polar surface area (TPSA) is 23.5 Å². The summed E-state index contributed by atoms with van der Waals surface area (Å²) in [6, 6.07) is 21.9. The summed E-state index contributed by atoms with van der Waals surface area (Å²) in [5, 5.41) is 11.7. The van der Waals surface area contributed by atoms with Crippen LogP contribution in [0.5, 0.6) is 5.75 Å². The molecule has 0 heterocycles. The number of hydrogen-bond acceptors (Lipinski definition) is 2. The molecule has 19 heavy (non-hydrogen) atoms. The first-order valence-corrected chi connectivity index (χ1v) is 6.26. The summed E-state index contributed by atoms with van der Waals surface area (Å²) >= 11 is 0. The minimum atomic E-state index is 0.325. The third-order valence-corrected chi connectivity index (χ3v) is 3.37. The molecule has 0 saturated heterocycles. The van der Waals surface area contributed by atoms with E-state index >= 15 is 0 Å². The molecular weight excluding hydrogens is 234 g/mol. The van der Waals surface area contributed by atoms with Gasteiger partial charge in [-0.05, 0) is 41.8 Å². The van der Waals surface area contributed by atoms with Crippen LogP contribution >= 0.6 is 0 Å². The normalized spacial score (nSPS) is 10.6. The van der Waals surface area contributed by atoms with E-state index in [0.717, 1.165) is 22.1 Å². The molecule has 3 aromatic carbocycles. The van der Waals surface area contributed by atoms with Crippen LogP contribution in [0, 0.1) is 0 Å². The molecule has 1 N–H and O–H groups in total. The molecule has 0 atom stereocenters. The zero-order chi connectivity index (χ0) is 13.2. The minimum absolute atomic E-state index is 0.325. The lowest BCUT2D eigenvalue weighted by Crippen LogP contribution is -2.08. The quantitative estimate of drug-likeness (QED) is 0.731. The first kappa shape index (κ1) is 11.6. The number of aromatic hydroxyl groups is 1. The highest BCUT2D eigenvalue weighted by Crippen LogP contribution is 2.30. The van der Waals surface area contributed by atoms with E-state index in [9.17, 15) is 5.11 Å². The van der Waals surface area contributed by atoms with Crippen LogP contribution in [0.15, 0.2) is 66.7 Å². The molecular formula is C17H15NO. The van der Waals surface area contributed by atoms with Gasteiger partial charge in [-0.1, -0.05) is 30.3 Å². The van der Waals surface area contributed by atoms with E-state index in [1.165, 1.54) is 0 Å². The number of phenols is 1. The number of nitrogens with zero attached hydrogens (tertiary/aromatic N) is 1. The Morgan fingerprint density at radius 3 is 2.37 bits per heavy atom. The number of fused-ring (bicyclic) bond motifs is 1. The Morgan fingerprint density at radius 1 is 0.789 bits per heavy atom. The number of rotatable bonds is 2. The van der Waals surface area contributed by atoms with Crippen molar-refractivity contribution >= 4 is 22.1 Å². The van der Waals surface area contributed by atoms with Gasteiger partial charge in [0.2, 0.25) is 0 Å². The van der Waals surface area contributed by atoms with Crippen LogP contribution in [0.25, 0.3) is 10.8 Å². The predicted octanol–water partition coefficient (Wildman–Crippen LogP) is 4.31. The molecule has 2 heteroatoms. The second kappa shape index (κ2) is 4.65. The molecule has 94 valence electrons. The van der Waals surface area contributed by atoms with Crippen molar-refractivity contribution in [1.82, 2.24) is 0 Å². The third-order valence-electron chi connectivity index (χ3n) is 3.37. The van der Waals surface area contributed by atoms with Crippen molar-refractivity contribution in [1.29, 1.82) is 0 Å². The smallest absolute Gasteiger partial charge is 0.123 e. The third kappa shape index (κ3) is 2.13. The summed E-state index contributed by atoms with van der Waals surface area (Å²) < 4.78 is 0. The fourth-order valence-electron chi connectivity index (χ4n) is 2.26. The van der Waals surface area contributed by atoms with Gasteiger partial charge in [0, 0.05) is 23.8 Å². The molecule has 0 radical (unpaired) electrons. The van der Waals surface area contributed by atoms with E-state index in [2.05, 4.69) is 23.1 Å². The second-order valence-corrected chi connectivity index (χ2v) is 4.58. The summed E-state index contributed by atoms with van der Waals surface area (Å²) in [6.07, 6.45) is 0. The van der Waals surface area contributed by atoms with Crippen LogP contribution in [0.2, 0.25) is 0 Å². The maximum Gasteiger partial charge on any atom is 0.123 e. The molecule has 0 amide bonds. The van der Waals surface area contributed by atoms with Crippen molar-refractivity contribution < 1.29 is 5.11 Å². The minimum Gasteiger partial charge on any atom is -0.507 e. The molecule has 3 rings (SSSR count). The van der Waals surface area contributed by atoms with Gasteiger partial charge in [0.25, 0.3) is 0 Å².